The van der Waals surface area contributed by atoms with Gasteiger partial charge in [-0.3, -0.25) is 4.79 Å². The zero-order valence-corrected chi connectivity index (χ0v) is 11.3. The number of amides is 1. The number of anilines is 1. The van der Waals surface area contributed by atoms with Crippen molar-refractivity contribution in [3.8, 4) is 0 Å². The normalized spacial score (nSPS) is 12.2. The number of benzene rings is 1. The van der Waals surface area contributed by atoms with E-state index in [1.807, 2.05) is 6.92 Å². The Morgan fingerprint density at radius 1 is 1.59 bits per heavy atom. The van der Waals surface area contributed by atoms with Crippen LogP contribution in [0, 0.1) is 5.82 Å². The summed E-state index contributed by atoms with van der Waals surface area (Å²) < 4.78 is 13.4. The first-order chi connectivity index (χ1) is 8.02. The summed E-state index contributed by atoms with van der Waals surface area (Å²) in [6.45, 7) is 2.02. The molecule has 0 heterocycles. The third kappa shape index (κ3) is 4.83. The Morgan fingerprint density at radius 3 is 2.88 bits per heavy atom. The third-order valence-electron chi connectivity index (χ3n) is 2.31. The first-order valence-corrected chi connectivity index (χ1v) is 6.32. The van der Waals surface area contributed by atoms with Crippen LogP contribution in [0.4, 0.5) is 10.1 Å². The fraction of sp³-hybridized carbons (Fsp3) is 0.417. The number of rotatable bonds is 5. The van der Waals surface area contributed by atoms with Crippen LogP contribution < -0.4 is 11.1 Å². The van der Waals surface area contributed by atoms with Crippen LogP contribution in [0.25, 0.3) is 0 Å². The highest BCUT2D eigenvalue weighted by Crippen LogP contribution is 2.23. The summed E-state index contributed by atoms with van der Waals surface area (Å²) >= 11 is 3.19. The third-order valence-corrected chi connectivity index (χ3v) is 2.97. The molecule has 0 aliphatic carbocycles. The highest BCUT2D eigenvalue weighted by atomic mass is 79.9. The maximum Gasteiger partial charge on any atom is 0.225 e. The van der Waals surface area contributed by atoms with Crippen LogP contribution in [0.2, 0.25) is 0 Å². The molecule has 3 N–H and O–H groups in total. The molecule has 0 radical (unpaired) electrons. The zero-order valence-electron chi connectivity index (χ0n) is 9.67. The summed E-state index contributed by atoms with van der Waals surface area (Å²) in [4.78, 5) is 11.6. The Kier molecular flexibility index (Phi) is 5.58. The largest absolute Gasteiger partial charge is 0.327 e. The minimum Gasteiger partial charge on any atom is -0.327 e. The molecule has 0 fully saturated rings. The van der Waals surface area contributed by atoms with Crippen molar-refractivity contribution in [3.63, 3.8) is 0 Å². The molecular formula is C12H16BrFN2O. The fourth-order valence-electron chi connectivity index (χ4n) is 1.50. The van der Waals surface area contributed by atoms with Gasteiger partial charge in [0.25, 0.3) is 0 Å². The molecule has 0 aromatic heterocycles. The average Bonchev–Trinajstić information content (AvgIpc) is 2.22. The van der Waals surface area contributed by atoms with Crippen molar-refractivity contribution < 1.29 is 9.18 Å². The highest BCUT2D eigenvalue weighted by molar-refractivity contribution is 9.10. The van der Waals surface area contributed by atoms with Crippen molar-refractivity contribution in [1.82, 2.24) is 0 Å². The number of carbonyl (C=O) groups excluding carboxylic acids is 1. The second-order valence-corrected chi connectivity index (χ2v) is 4.78. The molecule has 1 aromatic rings. The van der Waals surface area contributed by atoms with E-state index < -0.39 is 0 Å². The Bertz CT molecular complexity index is 398. The molecule has 94 valence electrons. The van der Waals surface area contributed by atoms with Crippen LogP contribution in [0.3, 0.4) is 0 Å². The molecule has 1 amide bonds. The van der Waals surface area contributed by atoms with E-state index >= 15 is 0 Å². The first-order valence-electron chi connectivity index (χ1n) is 5.53. The van der Waals surface area contributed by atoms with Gasteiger partial charge < -0.3 is 11.1 Å². The van der Waals surface area contributed by atoms with E-state index in [-0.39, 0.29) is 24.2 Å². The second-order valence-electron chi connectivity index (χ2n) is 3.93. The molecule has 1 rings (SSSR count). The predicted molar refractivity (Wildman–Crippen MR) is 70.2 cm³/mol. The molecule has 5 heteroatoms. The highest BCUT2D eigenvalue weighted by Gasteiger charge is 2.10. The molecule has 0 bridgehead atoms. The van der Waals surface area contributed by atoms with Crippen molar-refractivity contribution in [2.24, 2.45) is 5.73 Å². The summed E-state index contributed by atoms with van der Waals surface area (Å²) in [6, 6.07) is 4.00. The van der Waals surface area contributed by atoms with Crippen molar-refractivity contribution >= 4 is 27.5 Å². The predicted octanol–water partition coefficient (Wildman–Crippen LogP) is 3.04. The standard InChI is InChI=1S/C12H16BrFN2O/c1-2-3-9(15)7-12(17)16-11-5-4-8(14)6-10(11)13/h4-6,9H,2-3,7,15H2,1H3,(H,16,17). The van der Waals surface area contributed by atoms with Gasteiger partial charge in [0, 0.05) is 16.9 Å². The molecule has 0 aliphatic rings. The number of hydrogen-bond acceptors (Lipinski definition) is 2. The molecule has 1 atom stereocenters. The van der Waals surface area contributed by atoms with E-state index in [2.05, 4.69) is 21.2 Å². The lowest BCUT2D eigenvalue weighted by molar-refractivity contribution is -0.116. The van der Waals surface area contributed by atoms with Crippen LogP contribution in [0.1, 0.15) is 26.2 Å². The molecule has 3 nitrogen and oxygen atoms in total. The number of halogens is 2. The van der Waals surface area contributed by atoms with E-state index in [1.165, 1.54) is 18.2 Å². The lowest BCUT2D eigenvalue weighted by Crippen LogP contribution is -2.26. The molecular weight excluding hydrogens is 287 g/mol. The summed E-state index contributed by atoms with van der Waals surface area (Å²) in [5, 5.41) is 2.69. The molecule has 1 unspecified atom stereocenters. The lowest BCUT2D eigenvalue weighted by atomic mass is 10.1. The first kappa shape index (κ1) is 14.1. The Hall–Kier alpha value is -0.940. The number of hydrogen-bond donors (Lipinski definition) is 2. The quantitative estimate of drug-likeness (QED) is 0.878. The van der Waals surface area contributed by atoms with Crippen molar-refractivity contribution in [1.29, 1.82) is 0 Å². The van der Waals surface area contributed by atoms with E-state index in [0.29, 0.717) is 10.2 Å². The van der Waals surface area contributed by atoms with Crippen LogP contribution in [0.15, 0.2) is 22.7 Å². The van der Waals surface area contributed by atoms with E-state index in [9.17, 15) is 9.18 Å². The van der Waals surface area contributed by atoms with Crippen LogP contribution >= 0.6 is 15.9 Å². The zero-order chi connectivity index (χ0) is 12.8. The molecule has 0 saturated carbocycles. The smallest absolute Gasteiger partial charge is 0.225 e. The minimum atomic E-state index is -0.349. The van der Waals surface area contributed by atoms with Gasteiger partial charge in [-0.2, -0.15) is 0 Å². The number of carbonyl (C=O) groups is 1. The van der Waals surface area contributed by atoms with E-state index in [1.54, 1.807) is 0 Å². The number of nitrogens with two attached hydrogens (primary N) is 1. The Labute approximate surface area is 109 Å². The van der Waals surface area contributed by atoms with E-state index in [4.69, 9.17) is 5.73 Å². The molecule has 0 spiro atoms. The van der Waals surface area contributed by atoms with Gasteiger partial charge in [0.15, 0.2) is 0 Å². The topological polar surface area (TPSA) is 55.1 Å². The van der Waals surface area contributed by atoms with Gasteiger partial charge in [-0.05, 0) is 40.5 Å². The van der Waals surface area contributed by atoms with Crippen molar-refractivity contribution in [2.75, 3.05) is 5.32 Å². The SMILES string of the molecule is CCCC(N)CC(=O)Nc1ccc(F)cc1Br. The van der Waals surface area contributed by atoms with Crippen molar-refractivity contribution in [3.05, 3.63) is 28.5 Å². The van der Waals surface area contributed by atoms with Gasteiger partial charge in [0.2, 0.25) is 5.91 Å². The Morgan fingerprint density at radius 2 is 2.29 bits per heavy atom. The fourth-order valence-corrected chi connectivity index (χ4v) is 1.95. The maximum absolute atomic E-state index is 12.8. The van der Waals surface area contributed by atoms with Gasteiger partial charge in [0.1, 0.15) is 5.82 Å². The van der Waals surface area contributed by atoms with Crippen molar-refractivity contribution in [2.45, 2.75) is 32.2 Å². The molecule has 17 heavy (non-hydrogen) atoms. The van der Waals surface area contributed by atoms with Gasteiger partial charge in [-0.15, -0.1) is 0 Å². The molecule has 1 aromatic carbocycles. The van der Waals surface area contributed by atoms with Gasteiger partial charge >= 0.3 is 0 Å². The van der Waals surface area contributed by atoms with Crippen LogP contribution in [-0.4, -0.2) is 11.9 Å². The monoisotopic (exact) mass is 302 g/mol. The summed E-state index contributed by atoms with van der Waals surface area (Å²) in [5.41, 5.74) is 6.32. The summed E-state index contributed by atoms with van der Waals surface area (Å²) in [6.07, 6.45) is 2.05. The van der Waals surface area contributed by atoms with Crippen LogP contribution in [-0.2, 0) is 4.79 Å². The van der Waals surface area contributed by atoms with Crippen LogP contribution in [0.5, 0.6) is 0 Å². The second kappa shape index (κ2) is 6.71. The molecule has 0 saturated heterocycles. The molecule has 0 aliphatic heterocycles. The summed E-state index contributed by atoms with van der Waals surface area (Å²) in [7, 11) is 0. The van der Waals surface area contributed by atoms with Gasteiger partial charge in [-0.25, -0.2) is 4.39 Å². The van der Waals surface area contributed by atoms with E-state index in [0.717, 1.165) is 12.8 Å². The minimum absolute atomic E-state index is 0.126. The maximum atomic E-state index is 12.8. The Balaban J connectivity index is 2.56. The lowest BCUT2D eigenvalue weighted by Gasteiger charge is -2.11. The average molecular weight is 303 g/mol. The van der Waals surface area contributed by atoms with Gasteiger partial charge in [0.05, 0.1) is 5.69 Å². The van der Waals surface area contributed by atoms with Gasteiger partial charge in [-0.1, -0.05) is 13.3 Å². The number of nitrogens with one attached hydrogen (secondary N) is 1. The summed E-state index contributed by atoms with van der Waals surface area (Å²) in [5.74, 6) is -0.504.